The molecule has 1 rings (SSSR count). The van der Waals surface area contributed by atoms with E-state index >= 15 is 0 Å². The molecule has 0 amide bonds. The first-order chi connectivity index (χ1) is 7.25. The number of hydrogen-bond donors (Lipinski definition) is 0. The van der Waals surface area contributed by atoms with Crippen LogP contribution >= 0.6 is 7.26 Å². The highest BCUT2D eigenvalue weighted by Gasteiger charge is 2.21. The average Bonchev–Trinajstić information content (AvgIpc) is 2.18. The SMILES string of the molecule is CC(C)[P+](C)(C)C.O=C([O-])c1ccccc1. The molecule has 0 atom stereocenters. The van der Waals surface area contributed by atoms with Gasteiger partial charge in [0.2, 0.25) is 0 Å². The Morgan fingerprint density at radius 3 is 1.69 bits per heavy atom. The van der Waals surface area contributed by atoms with Gasteiger partial charge in [0.25, 0.3) is 0 Å². The van der Waals surface area contributed by atoms with E-state index < -0.39 is 13.2 Å². The van der Waals surface area contributed by atoms with Gasteiger partial charge in [-0.05, 0) is 19.4 Å². The largest absolute Gasteiger partial charge is 0.545 e. The van der Waals surface area contributed by atoms with Crippen molar-refractivity contribution in [3.8, 4) is 0 Å². The van der Waals surface area contributed by atoms with Crippen molar-refractivity contribution in [2.24, 2.45) is 0 Å². The van der Waals surface area contributed by atoms with Crippen LogP contribution in [0.15, 0.2) is 30.3 Å². The van der Waals surface area contributed by atoms with Gasteiger partial charge in [-0.1, -0.05) is 30.3 Å². The first-order valence-corrected chi connectivity index (χ1v) is 8.52. The lowest BCUT2D eigenvalue weighted by atomic mass is 10.2. The van der Waals surface area contributed by atoms with Crippen LogP contribution in [0, 0.1) is 0 Å². The van der Waals surface area contributed by atoms with E-state index in [1.807, 2.05) is 0 Å². The maximum Gasteiger partial charge on any atom is 0.0715 e. The summed E-state index contributed by atoms with van der Waals surface area (Å²) < 4.78 is 0. The monoisotopic (exact) mass is 240 g/mol. The molecule has 2 nitrogen and oxygen atoms in total. The van der Waals surface area contributed by atoms with E-state index in [0.717, 1.165) is 5.66 Å². The molecule has 0 saturated carbocycles. The molecule has 0 aromatic heterocycles. The Labute approximate surface area is 99.0 Å². The van der Waals surface area contributed by atoms with Gasteiger partial charge in [0.1, 0.15) is 0 Å². The van der Waals surface area contributed by atoms with E-state index in [4.69, 9.17) is 0 Å². The number of benzene rings is 1. The molecule has 0 bridgehead atoms. The second-order valence-corrected chi connectivity index (χ2v) is 10.1. The zero-order valence-corrected chi connectivity index (χ0v) is 11.6. The summed E-state index contributed by atoms with van der Waals surface area (Å²) in [7, 11) is -0.488. The molecule has 0 aliphatic carbocycles. The van der Waals surface area contributed by atoms with Gasteiger partial charge < -0.3 is 9.90 Å². The van der Waals surface area contributed by atoms with Crippen molar-refractivity contribution in [2.45, 2.75) is 19.5 Å². The molecule has 0 fully saturated rings. The third-order valence-electron chi connectivity index (χ3n) is 2.56. The van der Waals surface area contributed by atoms with Gasteiger partial charge in [-0.25, -0.2) is 0 Å². The van der Waals surface area contributed by atoms with Crippen molar-refractivity contribution in [3.05, 3.63) is 35.9 Å². The maximum atomic E-state index is 10.1. The Morgan fingerprint density at radius 2 is 1.50 bits per heavy atom. The van der Waals surface area contributed by atoms with Crippen molar-refractivity contribution < 1.29 is 9.90 Å². The molecule has 0 heterocycles. The lowest BCUT2D eigenvalue weighted by Gasteiger charge is -2.15. The Bertz CT molecular complexity index is 312. The lowest BCUT2D eigenvalue weighted by molar-refractivity contribution is -0.255. The number of carboxylic acid groups (broad SMARTS) is 1. The van der Waals surface area contributed by atoms with Gasteiger partial charge in [-0.2, -0.15) is 0 Å². The quantitative estimate of drug-likeness (QED) is 0.744. The standard InChI is InChI=1S/C7H6O2.C6H16P/c8-7(9)6-4-2-1-3-5-6;1-6(2)7(3,4)5/h1-5H,(H,8,9);6H,1-5H3/q;+1/p-1. The van der Waals surface area contributed by atoms with Crippen LogP contribution < -0.4 is 5.11 Å². The highest BCUT2D eigenvalue weighted by Crippen LogP contribution is 2.51. The van der Waals surface area contributed by atoms with Crippen molar-refractivity contribution in [3.63, 3.8) is 0 Å². The summed E-state index contributed by atoms with van der Waals surface area (Å²) in [6, 6.07) is 8.06. The number of carbonyl (C=O) groups excluding carboxylic acids is 1. The minimum Gasteiger partial charge on any atom is -0.545 e. The normalized spacial score (nSPS) is 10.6. The predicted molar refractivity (Wildman–Crippen MR) is 70.6 cm³/mol. The predicted octanol–water partition coefficient (Wildman–Crippen LogP) is 2.35. The molecule has 0 unspecified atom stereocenters. The van der Waals surface area contributed by atoms with Crippen LogP contribution in [-0.4, -0.2) is 31.6 Å². The molecule has 1 aromatic rings. The smallest absolute Gasteiger partial charge is 0.0715 e. The average molecular weight is 240 g/mol. The summed E-state index contributed by atoms with van der Waals surface area (Å²) in [6.07, 6.45) is 0. The molecule has 0 aliphatic rings. The second kappa shape index (κ2) is 6.65. The van der Waals surface area contributed by atoms with E-state index in [1.54, 1.807) is 18.2 Å². The van der Waals surface area contributed by atoms with Crippen LogP contribution in [0.25, 0.3) is 0 Å². The van der Waals surface area contributed by atoms with Gasteiger partial charge in [-0.3, -0.25) is 0 Å². The second-order valence-electron chi connectivity index (χ2n) is 4.86. The summed E-state index contributed by atoms with van der Waals surface area (Å²) >= 11 is 0. The molecular weight excluding hydrogens is 219 g/mol. The summed E-state index contributed by atoms with van der Waals surface area (Å²) in [6.45, 7) is 11.7. The first-order valence-electron chi connectivity index (χ1n) is 5.32. The van der Waals surface area contributed by atoms with Gasteiger partial charge >= 0.3 is 0 Å². The van der Waals surface area contributed by atoms with Gasteiger partial charge in [-0.15, -0.1) is 0 Å². The molecule has 1 aromatic carbocycles. The number of carboxylic acids is 1. The van der Waals surface area contributed by atoms with Crippen molar-refractivity contribution >= 4 is 13.2 Å². The summed E-state index contributed by atoms with van der Waals surface area (Å²) in [4.78, 5) is 10.1. The fourth-order valence-electron chi connectivity index (χ4n) is 0.574. The number of carbonyl (C=O) groups is 1. The van der Waals surface area contributed by atoms with E-state index in [-0.39, 0.29) is 5.56 Å². The summed E-state index contributed by atoms with van der Waals surface area (Å²) in [5.41, 5.74) is 1.13. The zero-order chi connectivity index (χ0) is 12.8. The van der Waals surface area contributed by atoms with E-state index in [2.05, 4.69) is 33.8 Å². The first kappa shape index (κ1) is 15.1. The zero-order valence-electron chi connectivity index (χ0n) is 10.7. The van der Waals surface area contributed by atoms with Crippen LogP contribution in [0.3, 0.4) is 0 Å². The number of rotatable bonds is 2. The third kappa shape index (κ3) is 6.58. The van der Waals surface area contributed by atoms with Crippen LogP contribution in [0.4, 0.5) is 0 Å². The highest BCUT2D eigenvalue weighted by molar-refractivity contribution is 7.74. The van der Waals surface area contributed by atoms with Crippen LogP contribution in [0.2, 0.25) is 0 Å². The van der Waals surface area contributed by atoms with Crippen molar-refractivity contribution in [1.82, 2.24) is 0 Å². The van der Waals surface area contributed by atoms with Crippen molar-refractivity contribution in [1.29, 1.82) is 0 Å². The van der Waals surface area contributed by atoms with E-state index in [0.29, 0.717) is 0 Å². The maximum absolute atomic E-state index is 10.1. The molecule has 0 N–H and O–H groups in total. The van der Waals surface area contributed by atoms with Gasteiger partial charge in [0, 0.05) is 27.3 Å². The lowest BCUT2D eigenvalue weighted by Crippen LogP contribution is -2.21. The number of hydrogen-bond acceptors (Lipinski definition) is 2. The minimum atomic E-state index is -1.13. The highest BCUT2D eigenvalue weighted by atomic mass is 31.2. The molecule has 0 aliphatic heterocycles. The topological polar surface area (TPSA) is 40.1 Å². The molecule has 0 saturated heterocycles. The molecule has 90 valence electrons. The fourth-order valence-corrected chi connectivity index (χ4v) is 0.574. The summed E-state index contributed by atoms with van der Waals surface area (Å²) in [5.74, 6) is -1.13. The molecule has 0 spiro atoms. The Kier molecular flexibility index (Phi) is 6.28. The molecule has 0 radical (unpaired) electrons. The number of aromatic carboxylic acids is 1. The molecule has 3 heteroatoms. The molecular formula is C13H21O2P. The summed E-state index contributed by atoms with van der Waals surface area (Å²) in [5, 5.41) is 10.1. The van der Waals surface area contributed by atoms with E-state index in [1.165, 1.54) is 12.1 Å². The van der Waals surface area contributed by atoms with Crippen LogP contribution in [0.1, 0.15) is 24.2 Å². The minimum absolute atomic E-state index is 0.220. The van der Waals surface area contributed by atoms with Crippen LogP contribution in [-0.2, 0) is 0 Å². The van der Waals surface area contributed by atoms with Gasteiger partial charge in [0.15, 0.2) is 0 Å². The third-order valence-corrected chi connectivity index (χ3v) is 5.66. The van der Waals surface area contributed by atoms with E-state index in [9.17, 15) is 9.90 Å². The Balaban J connectivity index is 0.000000293. The van der Waals surface area contributed by atoms with Gasteiger partial charge in [0.05, 0.1) is 11.6 Å². The Hall–Kier alpha value is -0.880. The fraction of sp³-hybridized carbons (Fsp3) is 0.462. The molecule has 16 heavy (non-hydrogen) atoms. The van der Waals surface area contributed by atoms with Crippen molar-refractivity contribution in [2.75, 3.05) is 20.0 Å². The van der Waals surface area contributed by atoms with Crippen LogP contribution in [0.5, 0.6) is 0 Å². The Morgan fingerprint density at radius 1 is 1.12 bits per heavy atom.